The molecule has 0 aromatic heterocycles. The van der Waals surface area contributed by atoms with Crippen molar-refractivity contribution in [3.63, 3.8) is 0 Å². The molecule has 0 aliphatic carbocycles. The molecule has 3 nitrogen and oxygen atoms in total. The summed E-state index contributed by atoms with van der Waals surface area (Å²) in [6.07, 6.45) is 0. The van der Waals surface area contributed by atoms with E-state index in [9.17, 15) is 10.1 Å². The van der Waals surface area contributed by atoms with Crippen molar-refractivity contribution in [3.8, 4) is 0 Å². The minimum atomic E-state index is -0.387. The monoisotopic (exact) mass is 192 g/mol. The van der Waals surface area contributed by atoms with Crippen LogP contribution in [0.5, 0.6) is 0 Å². The van der Waals surface area contributed by atoms with Gasteiger partial charge in [-0.25, -0.2) is 0 Å². The molecule has 1 aromatic carbocycles. The molecule has 0 N–H and O–H groups in total. The molecule has 14 heavy (non-hydrogen) atoms. The molecule has 0 aliphatic rings. The van der Waals surface area contributed by atoms with Gasteiger partial charge in [0.15, 0.2) is 0 Å². The van der Waals surface area contributed by atoms with E-state index in [0.717, 1.165) is 5.56 Å². The Kier molecular flexibility index (Phi) is 3.23. The van der Waals surface area contributed by atoms with Crippen LogP contribution in [-0.2, 0) is 0 Å². The average Bonchev–Trinajstić information content (AvgIpc) is 2.16. The summed E-state index contributed by atoms with van der Waals surface area (Å²) in [4.78, 5) is 10.0. The van der Waals surface area contributed by atoms with Crippen molar-refractivity contribution in [3.05, 3.63) is 46.9 Å². The molecule has 0 saturated heterocycles. The number of nitro benzene ring substituents is 1. The minimum absolute atomic E-state index is 0.137. The Labute approximate surface area is 83.9 Å². The molecule has 75 valence electrons. The lowest BCUT2D eigenvalue weighted by Crippen LogP contribution is -2.02. The summed E-state index contributed by atoms with van der Waals surface area (Å²) in [6.45, 7) is 8.04. The van der Waals surface area contributed by atoms with Crippen molar-refractivity contribution >= 4 is 5.69 Å². The molecule has 1 aromatic rings. The molecule has 1 rings (SSSR count). The molecule has 0 amide bonds. The second kappa shape index (κ2) is 4.22. The quantitative estimate of drug-likeness (QED) is 0.545. The van der Waals surface area contributed by atoms with Crippen LogP contribution in [-0.4, -0.2) is 4.92 Å². The van der Waals surface area contributed by atoms with E-state index in [1.165, 1.54) is 12.1 Å². The molecule has 3 heteroatoms. The van der Waals surface area contributed by atoms with Crippen LogP contribution in [0.3, 0.4) is 0 Å². The predicted molar refractivity (Wildman–Crippen MR) is 56.0 cm³/mol. The highest BCUT2D eigenvalue weighted by Gasteiger charge is 2.11. The smallest absolute Gasteiger partial charge is 0.258 e. The Morgan fingerprint density at radius 2 is 1.79 bits per heavy atom. The van der Waals surface area contributed by atoms with Crippen LogP contribution in [0.1, 0.15) is 25.3 Å². The number of nitrogens with zero attached hydrogens (tertiary/aromatic N) is 1. The topological polar surface area (TPSA) is 43.1 Å². The van der Waals surface area contributed by atoms with E-state index in [2.05, 4.69) is 13.8 Å². The molecule has 0 heterocycles. The minimum Gasteiger partial charge on any atom is -0.258 e. The largest absolute Gasteiger partial charge is 0.269 e. The van der Waals surface area contributed by atoms with Crippen molar-refractivity contribution in [1.82, 2.24) is 0 Å². The van der Waals surface area contributed by atoms with E-state index < -0.39 is 0 Å². The van der Waals surface area contributed by atoms with Crippen LogP contribution in [0.25, 0.3) is 0 Å². The second-order valence-electron chi connectivity index (χ2n) is 3.61. The van der Waals surface area contributed by atoms with Gasteiger partial charge in [0.25, 0.3) is 5.69 Å². The Balaban J connectivity index is 2.88. The van der Waals surface area contributed by atoms with Gasteiger partial charge < -0.3 is 0 Å². The van der Waals surface area contributed by atoms with Crippen LogP contribution >= 0.6 is 0 Å². The van der Waals surface area contributed by atoms with E-state index >= 15 is 0 Å². The Hall–Kier alpha value is -1.38. The average molecular weight is 192 g/mol. The first-order valence-electron chi connectivity index (χ1n) is 4.60. The highest BCUT2D eigenvalue weighted by Crippen LogP contribution is 2.24. The normalized spacial score (nSPS) is 12.9. The summed E-state index contributed by atoms with van der Waals surface area (Å²) in [5, 5.41) is 10.4. The summed E-state index contributed by atoms with van der Waals surface area (Å²) in [5.74, 6) is 0.632. The third kappa shape index (κ3) is 2.31. The fourth-order valence-corrected chi connectivity index (χ4v) is 1.23. The van der Waals surface area contributed by atoms with Crippen molar-refractivity contribution < 1.29 is 4.92 Å². The van der Waals surface area contributed by atoms with Crippen LogP contribution in [0.2, 0.25) is 0 Å². The van der Waals surface area contributed by atoms with Crippen molar-refractivity contribution in [1.29, 1.82) is 0 Å². The van der Waals surface area contributed by atoms with E-state index in [4.69, 9.17) is 0 Å². The van der Waals surface area contributed by atoms with E-state index in [0.29, 0.717) is 11.8 Å². The van der Waals surface area contributed by atoms with Gasteiger partial charge in [-0.3, -0.25) is 10.1 Å². The maximum absolute atomic E-state index is 10.4. The maximum Gasteiger partial charge on any atom is 0.269 e. The molecular formula is C11H14NO2. The molecule has 0 aliphatic heterocycles. The Morgan fingerprint density at radius 3 is 2.14 bits per heavy atom. The number of hydrogen-bond donors (Lipinski definition) is 0. The lowest BCUT2D eigenvalue weighted by atomic mass is 9.90. The SMILES string of the molecule is [CH2]C(C)C(C)c1ccc([N+](=O)[O-])cc1. The predicted octanol–water partition coefficient (Wildman–Crippen LogP) is 3.17. The first kappa shape index (κ1) is 10.7. The third-order valence-electron chi connectivity index (χ3n) is 2.48. The summed E-state index contributed by atoms with van der Waals surface area (Å²) in [7, 11) is 0. The zero-order chi connectivity index (χ0) is 10.7. The molecule has 2 unspecified atom stereocenters. The molecule has 1 radical (unpaired) electrons. The van der Waals surface area contributed by atoms with Crippen molar-refractivity contribution in [2.45, 2.75) is 19.8 Å². The lowest BCUT2D eigenvalue weighted by molar-refractivity contribution is -0.384. The fraction of sp³-hybridized carbons (Fsp3) is 0.364. The highest BCUT2D eigenvalue weighted by atomic mass is 16.6. The van der Waals surface area contributed by atoms with Crippen molar-refractivity contribution in [2.75, 3.05) is 0 Å². The number of non-ortho nitro benzene ring substituents is 1. The number of hydrogen-bond acceptors (Lipinski definition) is 2. The number of nitro groups is 1. The molecular weight excluding hydrogens is 178 g/mol. The van der Waals surface area contributed by atoms with E-state index in [-0.39, 0.29) is 10.6 Å². The van der Waals surface area contributed by atoms with Crippen LogP contribution in [0, 0.1) is 23.0 Å². The third-order valence-corrected chi connectivity index (χ3v) is 2.48. The van der Waals surface area contributed by atoms with Gasteiger partial charge in [0.2, 0.25) is 0 Å². The molecule has 0 fully saturated rings. The Bertz CT molecular complexity index is 317. The maximum atomic E-state index is 10.4. The molecule has 0 saturated carbocycles. The summed E-state index contributed by atoms with van der Waals surface area (Å²) >= 11 is 0. The number of benzene rings is 1. The zero-order valence-electron chi connectivity index (χ0n) is 8.43. The molecule has 0 spiro atoms. The van der Waals surface area contributed by atoms with E-state index in [1.807, 2.05) is 6.92 Å². The first-order chi connectivity index (χ1) is 6.52. The summed E-state index contributed by atoms with van der Waals surface area (Å²) in [5.41, 5.74) is 1.23. The molecule has 0 bridgehead atoms. The zero-order valence-corrected chi connectivity index (χ0v) is 8.43. The first-order valence-corrected chi connectivity index (χ1v) is 4.60. The van der Waals surface area contributed by atoms with Crippen LogP contribution < -0.4 is 0 Å². The van der Waals surface area contributed by atoms with Gasteiger partial charge in [-0.1, -0.05) is 26.0 Å². The lowest BCUT2D eigenvalue weighted by Gasteiger charge is -2.15. The van der Waals surface area contributed by atoms with Crippen LogP contribution in [0.15, 0.2) is 24.3 Å². The second-order valence-corrected chi connectivity index (χ2v) is 3.61. The Morgan fingerprint density at radius 1 is 1.29 bits per heavy atom. The van der Waals surface area contributed by atoms with Gasteiger partial charge in [0.05, 0.1) is 4.92 Å². The summed E-state index contributed by atoms with van der Waals surface area (Å²) < 4.78 is 0. The van der Waals surface area contributed by atoms with E-state index in [1.54, 1.807) is 12.1 Å². The highest BCUT2D eigenvalue weighted by molar-refractivity contribution is 5.34. The number of rotatable bonds is 3. The van der Waals surface area contributed by atoms with Gasteiger partial charge in [0, 0.05) is 12.1 Å². The summed E-state index contributed by atoms with van der Waals surface area (Å²) in [6, 6.07) is 6.66. The standard InChI is InChI=1S/C11H14NO2/c1-8(2)9(3)10-4-6-11(7-5-10)12(13)14/h4-9H,1H2,2-3H3. The van der Waals surface area contributed by atoms with Gasteiger partial charge in [-0.2, -0.15) is 0 Å². The fourth-order valence-electron chi connectivity index (χ4n) is 1.23. The molecule has 2 atom stereocenters. The van der Waals surface area contributed by atoms with Crippen LogP contribution in [0.4, 0.5) is 5.69 Å². The van der Waals surface area contributed by atoms with Gasteiger partial charge in [-0.05, 0) is 24.3 Å². The van der Waals surface area contributed by atoms with Gasteiger partial charge in [0.1, 0.15) is 0 Å². The van der Waals surface area contributed by atoms with Gasteiger partial charge in [-0.15, -0.1) is 0 Å². The van der Waals surface area contributed by atoms with Gasteiger partial charge >= 0.3 is 0 Å². The van der Waals surface area contributed by atoms with Crippen molar-refractivity contribution in [2.24, 2.45) is 5.92 Å².